The molecule has 0 aliphatic carbocycles. The smallest absolute Gasteiger partial charge is 0.265 e. The van der Waals surface area contributed by atoms with Gasteiger partial charge in [-0.3, -0.25) is 4.55 Å². The SMILES string of the molecule is CC(CCO[Si](c1ccccc1)(c1ccccc1)C(C)(C)C)CS(=O)(=O)O. The van der Waals surface area contributed by atoms with Crippen molar-refractivity contribution in [3.63, 3.8) is 0 Å². The topological polar surface area (TPSA) is 63.6 Å². The summed E-state index contributed by atoms with van der Waals surface area (Å²) in [7, 11) is -6.55. The standard InChI is InChI=1S/C21H30O4SSi/c1-18(17-26(22,23)24)15-16-25-27(21(2,3)4,19-11-7-5-8-12-19)20-13-9-6-10-14-20/h5-14,18H,15-17H2,1-4H3,(H,22,23,24). The average Bonchev–Trinajstić information content (AvgIpc) is 2.57. The van der Waals surface area contributed by atoms with Crippen molar-refractivity contribution in [1.29, 1.82) is 0 Å². The zero-order chi connectivity index (χ0) is 20.1. The lowest BCUT2D eigenvalue weighted by Crippen LogP contribution is -2.66. The van der Waals surface area contributed by atoms with Crippen LogP contribution >= 0.6 is 0 Å². The minimum atomic E-state index is -3.97. The lowest BCUT2D eigenvalue weighted by atomic mass is 10.1. The van der Waals surface area contributed by atoms with Crippen LogP contribution in [0.15, 0.2) is 60.7 Å². The van der Waals surface area contributed by atoms with E-state index in [0.717, 1.165) is 0 Å². The molecule has 0 amide bonds. The molecule has 2 aromatic rings. The Kier molecular flexibility index (Phi) is 7.02. The van der Waals surface area contributed by atoms with Crippen LogP contribution < -0.4 is 10.4 Å². The lowest BCUT2D eigenvalue weighted by molar-refractivity contribution is 0.272. The third-order valence-electron chi connectivity index (χ3n) is 4.84. The van der Waals surface area contributed by atoms with E-state index < -0.39 is 18.4 Å². The Morgan fingerprint density at radius 1 is 0.963 bits per heavy atom. The normalized spacial score (nSPS) is 14.1. The van der Waals surface area contributed by atoms with Crippen molar-refractivity contribution >= 4 is 28.8 Å². The Morgan fingerprint density at radius 3 is 1.78 bits per heavy atom. The zero-order valence-electron chi connectivity index (χ0n) is 16.6. The van der Waals surface area contributed by atoms with Crippen LogP contribution in [0.3, 0.4) is 0 Å². The fourth-order valence-electron chi connectivity index (χ4n) is 3.62. The van der Waals surface area contributed by atoms with Crippen LogP contribution in [0.5, 0.6) is 0 Å². The van der Waals surface area contributed by atoms with Gasteiger partial charge in [0, 0.05) is 6.61 Å². The van der Waals surface area contributed by atoms with Gasteiger partial charge in [-0.15, -0.1) is 0 Å². The highest BCUT2D eigenvalue weighted by Crippen LogP contribution is 2.36. The molecule has 0 radical (unpaired) electrons. The first-order chi connectivity index (χ1) is 12.6. The highest BCUT2D eigenvalue weighted by Gasteiger charge is 2.50. The molecular weight excluding hydrogens is 376 g/mol. The Hall–Kier alpha value is -1.47. The van der Waals surface area contributed by atoms with Crippen LogP contribution in [0.4, 0.5) is 0 Å². The molecule has 0 fully saturated rings. The van der Waals surface area contributed by atoms with Gasteiger partial charge in [0.05, 0.1) is 5.75 Å². The van der Waals surface area contributed by atoms with Crippen LogP contribution in [0.2, 0.25) is 5.04 Å². The van der Waals surface area contributed by atoms with Crippen molar-refractivity contribution in [2.45, 2.75) is 39.2 Å². The van der Waals surface area contributed by atoms with Gasteiger partial charge >= 0.3 is 0 Å². The van der Waals surface area contributed by atoms with Crippen LogP contribution in [0.25, 0.3) is 0 Å². The summed E-state index contributed by atoms with van der Waals surface area (Å²) in [5.74, 6) is -0.407. The molecule has 0 aliphatic rings. The van der Waals surface area contributed by atoms with E-state index in [2.05, 4.69) is 45.0 Å². The van der Waals surface area contributed by atoms with Gasteiger partial charge in [0.1, 0.15) is 0 Å². The van der Waals surface area contributed by atoms with Gasteiger partial charge in [0.2, 0.25) is 0 Å². The quantitative estimate of drug-likeness (QED) is 0.538. The van der Waals surface area contributed by atoms with E-state index >= 15 is 0 Å². The van der Waals surface area contributed by atoms with E-state index in [1.165, 1.54) is 10.4 Å². The van der Waals surface area contributed by atoms with Crippen LogP contribution in [0.1, 0.15) is 34.1 Å². The van der Waals surface area contributed by atoms with Crippen molar-refractivity contribution in [3.05, 3.63) is 60.7 Å². The minimum absolute atomic E-state index is 0.109. The first kappa shape index (κ1) is 21.8. The molecule has 1 N–H and O–H groups in total. The largest absolute Gasteiger partial charge is 0.407 e. The molecule has 0 heterocycles. The highest BCUT2D eigenvalue weighted by molar-refractivity contribution is 7.85. The average molecular weight is 407 g/mol. The van der Waals surface area contributed by atoms with E-state index in [9.17, 15) is 8.42 Å². The summed E-state index contributed by atoms with van der Waals surface area (Å²) in [5.41, 5.74) is 0. The molecule has 0 spiro atoms. The second kappa shape index (κ2) is 8.69. The van der Waals surface area contributed by atoms with Crippen LogP contribution in [-0.4, -0.2) is 33.6 Å². The Labute approximate surface area is 164 Å². The first-order valence-electron chi connectivity index (χ1n) is 9.26. The number of benzene rings is 2. The summed E-state index contributed by atoms with van der Waals surface area (Å²) in [4.78, 5) is 0. The van der Waals surface area contributed by atoms with Crippen LogP contribution in [-0.2, 0) is 14.5 Å². The summed E-state index contributed by atoms with van der Waals surface area (Å²) in [6, 6.07) is 20.7. The van der Waals surface area contributed by atoms with Crippen molar-refractivity contribution in [2.75, 3.05) is 12.4 Å². The van der Waals surface area contributed by atoms with E-state index in [4.69, 9.17) is 8.98 Å². The molecule has 0 aliphatic heterocycles. The van der Waals surface area contributed by atoms with Gasteiger partial charge in [-0.25, -0.2) is 0 Å². The molecule has 2 rings (SSSR count). The molecule has 148 valence electrons. The van der Waals surface area contributed by atoms with Crippen molar-refractivity contribution in [3.8, 4) is 0 Å². The molecule has 2 aromatic carbocycles. The third kappa shape index (κ3) is 5.51. The van der Waals surface area contributed by atoms with Crippen LogP contribution in [0, 0.1) is 5.92 Å². The van der Waals surface area contributed by atoms with Gasteiger partial charge in [-0.2, -0.15) is 8.42 Å². The molecule has 1 atom stereocenters. The van der Waals surface area contributed by atoms with E-state index in [0.29, 0.717) is 13.0 Å². The summed E-state index contributed by atoms with van der Waals surface area (Å²) in [5, 5.41) is 2.29. The van der Waals surface area contributed by atoms with Gasteiger partial charge in [-0.05, 0) is 27.8 Å². The molecule has 4 nitrogen and oxygen atoms in total. The predicted octanol–water partition coefficient (Wildman–Crippen LogP) is 3.48. The second-order valence-electron chi connectivity index (χ2n) is 8.15. The monoisotopic (exact) mass is 406 g/mol. The summed E-state index contributed by atoms with van der Waals surface area (Å²) < 4.78 is 38.0. The van der Waals surface area contributed by atoms with Crippen molar-refractivity contribution in [1.82, 2.24) is 0 Å². The predicted molar refractivity (Wildman–Crippen MR) is 114 cm³/mol. The zero-order valence-corrected chi connectivity index (χ0v) is 18.4. The number of rotatable bonds is 8. The van der Waals surface area contributed by atoms with Gasteiger partial charge in [0.25, 0.3) is 18.4 Å². The maximum Gasteiger partial charge on any atom is 0.265 e. The summed E-state index contributed by atoms with van der Waals surface area (Å²) in [6.07, 6.45) is 0.574. The second-order valence-corrected chi connectivity index (χ2v) is 14.0. The fourth-order valence-corrected chi connectivity index (χ4v) is 9.08. The van der Waals surface area contributed by atoms with Crippen molar-refractivity contribution in [2.24, 2.45) is 5.92 Å². The fraction of sp³-hybridized carbons (Fsp3) is 0.429. The molecule has 6 heteroatoms. The Bertz CT molecular complexity index is 775. The van der Waals surface area contributed by atoms with Crippen molar-refractivity contribution < 1.29 is 17.4 Å². The molecule has 1 unspecified atom stereocenters. The molecule has 0 aromatic heterocycles. The Balaban J connectivity index is 2.38. The van der Waals surface area contributed by atoms with Gasteiger partial charge in [-0.1, -0.05) is 88.4 Å². The maximum atomic E-state index is 11.1. The maximum absolute atomic E-state index is 11.1. The summed E-state index contributed by atoms with van der Waals surface area (Å²) >= 11 is 0. The van der Waals surface area contributed by atoms with E-state index in [-0.39, 0.29) is 16.7 Å². The highest BCUT2D eigenvalue weighted by atomic mass is 32.2. The number of hydrogen-bond acceptors (Lipinski definition) is 3. The minimum Gasteiger partial charge on any atom is -0.407 e. The molecule has 0 bridgehead atoms. The van der Waals surface area contributed by atoms with E-state index in [1.54, 1.807) is 0 Å². The van der Waals surface area contributed by atoms with E-state index in [1.807, 2.05) is 43.3 Å². The number of hydrogen-bond donors (Lipinski definition) is 1. The third-order valence-corrected chi connectivity index (χ3v) is 10.9. The Morgan fingerprint density at radius 2 is 1.41 bits per heavy atom. The van der Waals surface area contributed by atoms with Gasteiger partial charge < -0.3 is 4.43 Å². The molecule has 0 saturated heterocycles. The molecular formula is C21H30O4SSi. The van der Waals surface area contributed by atoms with Gasteiger partial charge in [0.15, 0.2) is 0 Å². The molecule has 0 saturated carbocycles. The lowest BCUT2D eigenvalue weighted by Gasteiger charge is -2.43. The summed E-state index contributed by atoms with van der Waals surface area (Å²) in [6.45, 7) is 8.90. The molecule has 27 heavy (non-hydrogen) atoms. The first-order valence-corrected chi connectivity index (χ1v) is 12.8.